The molecule has 0 radical (unpaired) electrons. The number of ether oxygens (including phenoxy) is 1. The minimum absolute atomic E-state index is 0.0368. The number of carbonyl (C=O) groups is 3. The van der Waals surface area contributed by atoms with Crippen LogP contribution in [0.1, 0.15) is 75.6 Å². The maximum Gasteiger partial charge on any atom is 0.408 e. The maximum absolute atomic E-state index is 14.3. The first-order valence-electron chi connectivity index (χ1n) is 14.2. The van der Waals surface area contributed by atoms with Crippen LogP contribution < -0.4 is 10.6 Å². The van der Waals surface area contributed by atoms with Crippen molar-refractivity contribution in [2.45, 2.75) is 83.0 Å². The number of phenols is 1. The molecule has 1 aliphatic rings. The summed E-state index contributed by atoms with van der Waals surface area (Å²) in [5, 5.41) is 15.7. The molecule has 3 N–H and O–H groups in total. The van der Waals surface area contributed by atoms with Crippen molar-refractivity contribution >= 4 is 24.0 Å². The van der Waals surface area contributed by atoms with Crippen LogP contribution in [0.2, 0.25) is 0 Å². The second-order valence-electron chi connectivity index (χ2n) is 11.5. The van der Waals surface area contributed by atoms with Gasteiger partial charge in [-0.25, -0.2) is 4.79 Å². The molecule has 0 bridgehead atoms. The fraction of sp³-hybridized carbons (Fsp3) is 0.424. The molecule has 8 heteroatoms. The Balaban J connectivity index is 2.01. The molecule has 0 aromatic heterocycles. The molecular formula is C33H43N3O5. The molecule has 2 atom stereocenters. The quantitative estimate of drug-likeness (QED) is 0.306. The van der Waals surface area contributed by atoms with Crippen LogP contribution >= 0.6 is 0 Å². The van der Waals surface area contributed by atoms with E-state index in [1.165, 1.54) is 17.0 Å². The van der Waals surface area contributed by atoms with Gasteiger partial charge in [0.05, 0.1) is 0 Å². The summed E-state index contributed by atoms with van der Waals surface area (Å²) in [5.41, 5.74) is 1.39. The third-order valence-electron chi connectivity index (χ3n) is 6.95. The molecule has 3 rings (SSSR count). The summed E-state index contributed by atoms with van der Waals surface area (Å²) >= 11 is 0. The average molecular weight is 562 g/mol. The van der Waals surface area contributed by atoms with E-state index in [0.717, 1.165) is 37.7 Å². The topological polar surface area (TPSA) is 108 Å². The van der Waals surface area contributed by atoms with Gasteiger partial charge in [-0.3, -0.25) is 9.59 Å². The Labute approximate surface area is 243 Å². The molecule has 2 aromatic carbocycles. The van der Waals surface area contributed by atoms with Crippen LogP contribution in [0.5, 0.6) is 5.75 Å². The van der Waals surface area contributed by atoms with Gasteiger partial charge in [0.25, 0.3) is 0 Å². The SMILES string of the molecule is C=CCN(C(=O)C(Cc1ccc(O)cc1)NC(=O)OC(C)(C)C)C(C(=O)NC1CCCCC1)c1cccc(C=C)c1. The molecule has 220 valence electrons. The Morgan fingerprint density at radius 3 is 2.37 bits per heavy atom. The van der Waals surface area contributed by atoms with Gasteiger partial charge in [0.2, 0.25) is 11.8 Å². The van der Waals surface area contributed by atoms with E-state index in [0.29, 0.717) is 11.1 Å². The fourth-order valence-corrected chi connectivity index (χ4v) is 5.04. The van der Waals surface area contributed by atoms with Crippen molar-refractivity contribution in [2.75, 3.05) is 6.54 Å². The van der Waals surface area contributed by atoms with Crippen molar-refractivity contribution in [1.82, 2.24) is 15.5 Å². The first kappa shape index (κ1) is 31.5. The highest BCUT2D eigenvalue weighted by Crippen LogP contribution is 2.26. The van der Waals surface area contributed by atoms with Crippen LogP contribution in [0, 0.1) is 0 Å². The lowest BCUT2D eigenvalue weighted by Gasteiger charge is -2.35. The number of alkyl carbamates (subject to hydrolysis) is 1. The first-order valence-corrected chi connectivity index (χ1v) is 14.2. The van der Waals surface area contributed by atoms with E-state index < -0.39 is 29.7 Å². The normalized spacial score (nSPS) is 15.2. The van der Waals surface area contributed by atoms with E-state index in [1.54, 1.807) is 45.1 Å². The van der Waals surface area contributed by atoms with Gasteiger partial charge in [0.1, 0.15) is 23.4 Å². The Morgan fingerprint density at radius 2 is 1.76 bits per heavy atom. The number of phenolic OH excluding ortho intramolecular Hbond substituents is 1. The van der Waals surface area contributed by atoms with E-state index in [-0.39, 0.29) is 30.7 Å². The Bertz CT molecular complexity index is 1210. The van der Waals surface area contributed by atoms with E-state index in [2.05, 4.69) is 23.8 Å². The molecule has 1 aliphatic carbocycles. The number of carbonyl (C=O) groups excluding carboxylic acids is 3. The fourth-order valence-electron chi connectivity index (χ4n) is 5.04. The lowest BCUT2D eigenvalue weighted by atomic mass is 9.94. The Kier molecular flexibility index (Phi) is 11.1. The van der Waals surface area contributed by atoms with Gasteiger partial charge < -0.3 is 25.4 Å². The zero-order chi connectivity index (χ0) is 30.0. The van der Waals surface area contributed by atoms with Gasteiger partial charge in [-0.1, -0.05) is 68.3 Å². The molecule has 0 aliphatic heterocycles. The number of nitrogens with one attached hydrogen (secondary N) is 2. The third-order valence-corrected chi connectivity index (χ3v) is 6.95. The summed E-state index contributed by atoms with van der Waals surface area (Å²) in [5.74, 6) is -0.655. The third kappa shape index (κ3) is 9.52. The van der Waals surface area contributed by atoms with Crippen LogP contribution in [0.3, 0.4) is 0 Å². The summed E-state index contributed by atoms with van der Waals surface area (Å²) in [7, 11) is 0. The van der Waals surface area contributed by atoms with E-state index in [4.69, 9.17) is 4.74 Å². The summed E-state index contributed by atoms with van der Waals surface area (Å²) in [6.07, 6.45) is 7.66. The number of aromatic hydroxyl groups is 1. The average Bonchev–Trinajstić information content (AvgIpc) is 2.93. The molecule has 8 nitrogen and oxygen atoms in total. The number of nitrogens with zero attached hydrogens (tertiary/aromatic N) is 1. The number of benzene rings is 2. The molecule has 1 fully saturated rings. The minimum Gasteiger partial charge on any atom is -0.508 e. The zero-order valence-corrected chi connectivity index (χ0v) is 24.4. The molecule has 41 heavy (non-hydrogen) atoms. The van der Waals surface area contributed by atoms with Crippen LogP contribution in [0.15, 0.2) is 67.8 Å². The first-order chi connectivity index (χ1) is 19.5. The number of hydrogen-bond donors (Lipinski definition) is 3. The molecular weight excluding hydrogens is 518 g/mol. The van der Waals surface area contributed by atoms with E-state index in [9.17, 15) is 19.5 Å². The predicted octanol–water partition coefficient (Wildman–Crippen LogP) is 5.68. The van der Waals surface area contributed by atoms with E-state index in [1.807, 2.05) is 24.3 Å². The molecule has 0 heterocycles. The lowest BCUT2D eigenvalue weighted by Crippen LogP contribution is -2.54. The highest BCUT2D eigenvalue weighted by atomic mass is 16.6. The van der Waals surface area contributed by atoms with Crippen molar-refractivity contribution in [2.24, 2.45) is 0 Å². The Hall–Kier alpha value is -4.07. The van der Waals surface area contributed by atoms with Gasteiger partial charge in [-0.05, 0) is 68.5 Å². The largest absolute Gasteiger partial charge is 0.508 e. The Morgan fingerprint density at radius 1 is 1.07 bits per heavy atom. The monoisotopic (exact) mass is 561 g/mol. The highest BCUT2D eigenvalue weighted by Gasteiger charge is 2.36. The van der Waals surface area contributed by atoms with Gasteiger partial charge in [0.15, 0.2) is 0 Å². The van der Waals surface area contributed by atoms with Gasteiger partial charge in [-0.2, -0.15) is 0 Å². The van der Waals surface area contributed by atoms with Gasteiger partial charge in [-0.15, -0.1) is 6.58 Å². The zero-order valence-electron chi connectivity index (χ0n) is 24.4. The number of rotatable bonds is 11. The van der Waals surface area contributed by atoms with Crippen LogP contribution in [-0.4, -0.2) is 52.1 Å². The molecule has 2 unspecified atom stereocenters. The highest BCUT2D eigenvalue weighted by molar-refractivity contribution is 5.92. The van der Waals surface area contributed by atoms with Crippen molar-refractivity contribution in [3.8, 4) is 5.75 Å². The predicted molar refractivity (Wildman–Crippen MR) is 161 cm³/mol. The minimum atomic E-state index is -1.05. The second kappa shape index (κ2) is 14.5. The molecule has 1 saturated carbocycles. The van der Waals surface area contributed by atoms with Gasteiger partial charge >= 0.3 is 6.09 Å². The second-order valence-corrected chi connectivity index (χ2v) is 11.5. The molecule has 2 aromatic rings. The number of amides is 3. The standard InChI is InChI=1S/C33H43N3O5/c1-6-20-36(29(25-13-11-12-23(7-2)21-25)30(38)34-26-14-9-8-10-15-26)31(39)28(35-32(40)41-33(3,4)5)22-24-16-18-27(37)19-17-24/h6-7,11-13,16-19,21,26,28-29,37H,1-2,8-10,14-15,20,22H2,3-5H3,(H,34,38)(H,35,40). The van der Waals surface area contributed by atoms with Crippen molar-refractivity contribution < 1.29 is 24.2 Å². The summed E-state index contributed by atoms with van der Waals surface area (Å²) in [6, 6.07) is 11.8. The van der Waals surface area contributed by atoms with Crippen molar-refractivity contribution in [3.63, 3.8) is 0 Å². The number of hydrogen-bond acceptors (Lipinski definition) is 5. The lowest BCUT2D eigenvalue weighted by molar-refractivity contribution is -0.142. The van der Waals surface area contributed by atoms with E-state index >= 15 is 0 Å². The maximum atomic E-state index is 14.3. The van der Waals surface area contributed by atoms with Crippen LogP contribution in [0.4, 0.5) is 4.79 Å². The van der Waals surface area contributed by atoms with Crippen molar-refractivity contribution in [1.29, 1.82) is 0 Å². The summed E-state index contributed by atoms with van der Waals surface area (Å²) < 4.78 is 5.47. The molecule has 3 amide bonds. The van der Waals surface area contributed by atoms with Crippen molar-refractivity contribution in [3.05, 3.63) is 84.5 Å². The molecule has 0 spiro atoms. The summed E-state index contributed by atoms with van der Waals surface area (Å²) in [4.78, 5) is 42.6. The van der Waals surface area contributed by atoms with Crippen LogP contribution in [0.25, 0.3) is 6.08 Å². The smallest absolute Gasteiger partial charge is 0.408 e. The van der Waals surface area contributed by atoms with Crippen LogP contribution in [-0.2, 0) is 20.7 Å². The van der Waals surface area contributed by atoms with Gasteiger partial charge in [0, 0.05) is 19.0 Å². The summed E-state index contributed by atoms with van der Waals surface area (Å²) in [6.45, 7) is 13.0. The molecule has 0 saturated heterocycles.